The van der Waals surface area contributed by atoms with Crippen molar-refractivity contribution in [3.05, 3.63) is 63.6 Å². The molecule has 0 bridgehead atoms. The second kappa shape index (κ2) is 6.19. The Morgan fingerprint density at radius 3 is 2.43 bits per heavy atom. The third kappa shape index (κ3) is 2.85. The van der Waals surface area contributed by atoms with Crippen LogP contribution in [0.15, 0.2) is 46.9 Å². The van der Waals surface area contributed by atoms with E-state index in [-0.39, 0.29) is 0 Å². The van der Waals surface area contributed by atoms with Crippen molar-refractivity contribution in [2.45, 2.75) is 39.5 Å². The normalized spacial score (nSPS) is 13.2. The molecule has 0 aromatic heterocycles. The van der Waals surface area contributed by atoms with E-state index in [0.717, 1.165) is 6.42 Å². The van der Waals surface area contributed by atoms with Crippen molar-refractivity contribution in [2.75, 3.05) is 0 Å². The summed E-state index contributed by atoms with van der Waals surface area (Å²) in [4.78, 5) is 0. The Kier molecular flexibility index (Phi) is 4.30. The monoisotopic (exact) mass is 340 g/mol. The Labute approximate surface area is 136 Å². The number of halogens is 1. The van der Waals surface area contributed by atoms with Gasteiger partial charge >= 0.3 is 0 Å². The molecule has 0 fully saturated rings. The van der Waals surface area contributed by atoms with E-state index >= 15 is 0 Å². The van der Waals surface area contributed by atoms with Crippen LogP contribution < -0.4 is 0 Å². The third-order valence-corrected chi connectivity index (χ3v) is 5.27. The summed E-state index contributed by atoms with van der Waals surface area (Å²) >= 11 is 3.82. The van der Waals surface area contributed by atoms with Crippen molar-refractivity contribution in [2.24, 2.45) is 0 Å². The molecule has 1 aliphatic rings. The van der Waals surface area contributed by atoms with Gasteiger partial charge < -0.3 is 0 Å². The Balaban J connectivity index is 1.91. The van der Waals surface area contributed by atoms with E-state index in [4.69, 9.17) is 0 Å². The van der Waals surface area contributed by atoms with Gasteiger partial charge in [0.15, 0.2) is 0 Å². The highest BCUT2D eigenvalue weighted by Crippen LogP contribution is 2.38. The molecule has 0 saturated carbocycles. The summed E-state index contributed by atoms with van der Waals surface area (Å²) in [6.45, 7) is 4.44. The Hall–Kier alpha value is -1.34. The lowest BCUT2D eigenvalue weighted by molar-refractivity contribution is 0.795. The van der Waals surface area contributed by atoms with Crippen molar-refractivity contribution >= 4 is 21.5 Å². The molecule has 1 aliphatic carbocycles. The quantitative estimate of drug-likeness (QED) is 0.602. The van der Waals surface area contributed by atoms with E-state index in [2.05, 4.69) is 72.3 Å². The van der Waals surface area contributed by atoms with Crippen LogP contribution in [0.5, 0.6) is 0 Å². The van der Waals surface area contributed by atoms with Crippen molar-refractivity contribution in [3.63, 3.8) is 0 Å². The van der Waals surface area contributed by atoms with E-state index in [9.17, 15) is 0 Å². The van der Waals surface area contributed by atoms with Crippen molar-refractivity contribution in [3.8, 4) is 11.1 Å². The molecule has 2 aromatic carbocycles. The average Bonchev–Trinajstić information content (AvgIpc) is 2.89. The number of unbranched alkanes of at least 4 members (excludes halogenated alkanes) is 1. The zero-order valence-corrected chi connectivity index (χ0v) is 14.3. The van der Waals surface area contributed by atoms with Gasteiger partial charge in [0, 0.05) is 4.47 Å². The van der Waals surface area contributed by atoms with E-state index in [1.807, 2.05) is 0 Å². The van der Waals surface area contributed by atoms with Crippen molar-refractivity contribution in [1.82, 2.24) is 0 Å². The maximum atomic E-state index is 3.82. The highest BCUT2D eigenvalue weighted by Gasteiger charge is 2.16. The first-order chi connectivity index (χ1) is 10.2. The molecule has 0 aliphatic heterocycles. The fourth-order valence-corrected chi connectivity index (χ4v) is 3.75. The molecule has 0 heterocycles. The zero-order valence-electron chi connectivity index (χ0n) is 12.7. The zero-order chi connectivity index (χ0) is 14.8. The van der Waals surface area contributed by atoms with Crippen LogP contribution in [0.1, 0.15) is 43.4 Å². The number of benzene rings is 2. The molecular formula is C20H21Br. The molecule has 0 spiro atoms. The summed E-state index contributed by atoms with van der Waals surface area (Å²) in [5.74, 6) is 0. The van der Waals surface area contributed by atoms with Crippen LogP contribution in [0.2, 0.25) is 0 Å². The second-order valence-corrected chi connectivity index (χ2v) is 6.64. The van der Waals surface area contributed by atoms with Crippen LogP contribution in [0.4, 0.5) is 0 Å². The summed E-state index contributed by atoms with van der Waals surface area (Å²) in [5.41, 5.74) is 8.26. The van der Waals surface area contributed by atoms with Gasteiger partial charge in [-0.1, -0.05) is 55.8 Å². The molecule has 2 aromatic rings. The van der Waals surface area contributed by atoms with Crippen LogP contribution in [-0.4, -0.2) is 0 Å². The van der Waals surface area contributed by atoms with Crippen molar-refractivity contribution < 1.29 is 0 Å². The van der Waals surface area contributed by atoms with Gasteiger partial charge in [0.05, 0.1) is 0 Å². The summed E-state index contributed by atoms with van der Waals surface area (Å²) in [7, 11) is 0. The molecule has 3 rings (SSSR count). The topological polar surface area (TPSA) is 0 Å². The lowest BCUT2D eigenvalue weighted by Gasteiger charge is -2.11. The number of allylic oxidation sites excluding steroid dienone is 2. The molecule has 0 atom stereocenters. The minimum absolute atomic E-state index is 1.05. The van der Waals surface area contributed by atoms with Crippen LogP contribution in [-0.2, 0) is 12.8 Å². The number of hydrogen-bond donors (Lipinski definition) is 0. The first kappa shape index (κ1) is 14.6. The smallest absolute Gasteiger partial charge is 0.0294 e. The van der Waals surface area contributed by atoms with Crippen LogP contribution in [0.3, 0.4) is 0 Å². The highest BCUT2D eigenvalue weighted by atomic mass is 79.9. The van der Waals surface area contributed by atoms with E-state index in [0.29, 0.717) is 0 Å². The number of aryl methyl sites for hydroxylation is 1. The molecule has 0 unspecified atom stereocenters. The molecule has 108 valence electrons. The number of rotatable bonds is 4. The first-order valence-corrected chi connectivity index (χ1v) is 8.58. The molecule has 21 heavy (non-hydrogen) atoms. The largest absolute Gasteiger partial charge is 0.0765 e. The summed E-state index contributed by atoms with van der Waals surface area (Å²) in [5, 5.41) is 0. The summed E-state index contributed by atoms with van der Waals surface area (Å²) in [6, 6.07) is 13.6. The number of fused-ring (bicyclic) bond motifs is 1. The maximum Gasteiger partial charge on any atom is 0.0294 e. The maximum absolute atomic E-state index is 3.82. The predicted octanol–water partition coefficient (Wildman–Crippen LogP) is 6.42. The summed E-state index contributed by atoms with van der Waals surface area (Å²) in [6.07, 6.45) is 7.07. The molecule has 0 amide bonds. The Morgan fingerprint density at radius 1 is 1.00 bits per heavy atom. The standard InChI is InChI=1S/C20H21Br/c1-3-4-5-15-7-9-16(10-8-15)18-13-12-17-14(2)6-11-19(17)20(18)21/h6-10,12-13H,3-5,11H2,1-2H3. The fraction of sp³-hybridized carbons (Fsp3) is 0.300. The van der Waals surface area contributed by atoms with Gasteiger partial charge in [-0.15, -0.1) is 0 Å². The van der Waals surface area contributed by atoms with Gasteiger partial charge in [0.1, 0.15) is 0 Å². The molecule has 0 radical (unpaired) electrons. The van der Waals surface area contributed by atoms with Gasteiger partial charge in [-0.2, -0.15) is 0 Å². The van der Waals surface area contributed by atoms with Crippen LogP contribution >= 0.6 is 15.9 Å². The van der Waals surface area contributed by atoms with Gasteiger partial charge in [-0.3, -0.25) is 0 Å². The lowest BCUT2D eigenvalue weighted by atomic mass is 9.97. The lowest BCUT2D eigenvalue weighted by Crippen LogP contribution is -1.90. The first-order valence-electron chi connectivity index (χ1n) is 7.78. The fourth-order valence-electron chi connectivity index (χ4n) is 3.01. The van der Waals surface area contributed by atoms with Crippen LogP contribution in [0.25, 0.3) is 16.7 Å². The SMILES string of the molecule is CCCCc1ccc(-c2ccc3c(c2Br)CC=C3C)cc1. The molecule has 0 saturated heterocycles. The Bertz CT molecular complexity index is 678. The molecular weight excluding hydrogens is 320 g/mol. The minimum Gasteiger partial charge on any atom is -0.0765 e. The molecule has 0 nitrogen and oxygen atoms in total. The van der Waals surface area contributed by atoms with Gasteiger partial charge in [0.25, 0.3) is 0 Å². The van der Waals surface area contributed by atoms with Gasteiger partial charge in [-0.05, 0) is 75.5 Å². The van der Waals surface area contributed by atoms with E-state index in [1.165, 1.54) is 57.1 Å². The van der Waals surface area contributed by atoms with Gasteiger partial charge in [-0.25, -0.2) is 0 Å². The minimum atomic E-state index is 1.05. The average molecular weight is 341 g/mol. The Morgan fingerprint density at radius 2 is 1.71 bits per heavy atom. The van der Waals surface area contributed by atoms with Crippen molar-refractivity contribution in [1.29, 1.82) is 0 Å². The number of hydrogen-bond acceptors (Lipinski definition) is 0. The van der Waals surface area contributed by atoms with E-state index in [1.54, 1.807) is 0 Å². The predicted molar refractivity (Wildman–Crippen MR) is 95.5 cm³/mol. The third-order valence-electron chi connectivity index (χ3n) is 4.36. The molecule has 0 N–H and O–H groups in total. The van der Waals surface area contributed by atoms with E-state index < -0.39 is 0 Å². The van der Waals surface area contributed by atoms with Crippen LogP contribution in [0, 0.1) is 0 Å². The highest BCUT2D eigenvalue weighted by molar-refractivity contribution is 9.10. The van der Waals surface area contributed by atoms with Gasteiger partial charge in [0.2, 0.25) is 0 Å². The molecule has 1 heteroatoms. The second-order valence-electron chi connectivity index (χ2n) is 5.84. The summed E-state index contributed by atoms with van der Waals surface area (Å²) < 4.78 is 1.26.